The summed E-state index contributed by atoms with van der Waals surface area (Å²) in [5.74, 6) is -0.859. The largest absolute Gasteiger partial charge is 0.309 e. The summed E-state index contributed by atoms with van der Waals surface area (Å²) in [6, 6.07) is 4.11. The van der Waals surface area contributed by atoms with Crippen LogP contribution in [0.2, 0.25) is 0 Å². The molecule has 0 bridgehead atoms. The van der Waals surface area contributed by atoms with Crippen molar-refractivity contribution in [2.45, 2.75) is 44.2 Å². The molecular weight excluding hydrogens is 258 g/mol. The molecule has 0 atom stereocenters. The fourth-order valence-electron chi connectivity index (χ4n) is 3.65. The first-order valence-corrected chi connectivity index (χ1v) is 7.59. The van der Waals surface area contributed by atoms with Gasteiger partial charge in [0.05, 0.1) is 0 Å². The van der Waals surface area contributed by atoms with E-state index in [4.69, 9.17) is 0 Å². The Kier molecular flexibility index (Phi) is 4.03. The van der Waals surface area contributed by atoms with E-state index in [0.717, 1.165) is 19.6 Å². The van der Waals surface area contributed by atoms with Crippen molar-refractivity contribution in [3.8, 4) is 0 Å². The molecule has 1 saturated carbocycles. The van der Waals surface area contributed by atoms with Gasteiger partial charge in [-0.15, -0.1) is 0 Å². The minimum atomic E-state index is -0.429. The van der Waals surface area contributed by atoms with Crippen LogP contribution in [0.15, 0.2) is 18.2 Å². The number of rotatable bonds is 2. The second-order valence-electron chi connectivity index (χ2n) is 6.18. The third-order valence-electron chi connectivity index (χ3n) is 4.71. The third kappa shape index (κ3) is 2.86. The zero-order valence-corrected chi connectivity index (χ0v) is 11.8. The van der Waals surface area contributed by atoms with E-state index in [-0.39, 0.29) is 11.1 Å². The Morgan fingerprint density at radius 2 is 1.80 bits per heavy atom. The van der Waals surface area contributed by atoms with Crippen LogP contribution < -0.4 is 5.32 Å². The number of hydrogen-bond donors (Lipinski definition) is 1. The lowest BCUT2D eigenvalue weighted by Gasteiger charge is -2.46. The van der Waals surface area contributed by atoms with Gasteiger partial charge in [-0.25, -0.2) is 8.78 Å². The van der Waals surface area contributed by atoms with Gasteiger partial charge in [-0.05, 0) is 25.0 Å². The van der Waals surface area contributed by atoms with Crippen molar-refractivity contribution in [3.05, 3.63) is 35.4 Å². The molecule has 1 aliphatic heterocycles. The lowest BCUT2D eigenvalue weighted by Crippen LogP contribution is -2.60. The molecule has 2 aliphatic rings. The van der Waals surface area contributed by atoms with E-state index >= 15 is 0 Å². The quantitative estimate of drug-likeness (QED) is 0.895. The SMILES string of the molecule is Fc1cccc(F)c1CN1CCNC2(CCCCC2)C1. The van der Waals surface area contributed by atoms with Gasteiger partial charge in [0, 0.05) is 37.3 Å². The molecule has 110 valence electrons. The normalized spacial score (nSPS) is 23.1. The number of piperazine rings is 1. The molecule has 3 rings (SSSR count). The first-order chi connectivity index (χ1) is 9.69. The van der Waals surface area contributed by atoms with Crippen molar-refractivity contribution < 1.29 is 8.78 Å². The van der Waals surface area contributed by atoms with Gasteiger partial charge in [0.15, 0.2) is 0 Å². The fourth-order valence-corrected chi connectivity index (χ4v) is 3.65. The molecule has 2 nitrogen and oxygen atoms in total. The Labute approximate surface area is 119 Å². The van der Waals surface area contributed by atoms with Crippen LogP contribution in [0.1, 0.15) is 37.7 Å². The van der Waals surface area contributed by atoms with Gasteiger partial charge in [0.1, 0.15) is 11.6 Å². The molecule has 1 spiro atoms. The third-order valence-corrected chi connectivity index (χ3v) is 4.71. The van der Waals surface area contributed by atoms with Gasteiger partial charge in [-0.3, -0.25) is 4.90 Å². The first kappa shape index (κ1) is 14.0. The number of nitrogens with one attached hydrogen (secondary N) is 1. The van der Waals surface area contributed by atoms with Crippen molar-refractivity contribution in [3.63, 3.8) is 0 Å². The predicted octanol–water partition coefficient (Wildman–Crippen LogP) is 3.07. The zero-order chi connectivity index (χ0) is 14.0. The molecule has 1 saturated heterocycles. The average molecular weight is 280 g/mol. The highest BCUT2D eigenvalue weighted by Crippen LogP contribution is 2.31. The summed E-state index contributed by atoms with van der Waals surface area (Å²) in [5, 5.41) is 3.65. The minimum Gasteiger partial charge on any atom is -0.309 e. The van der Waals surface area contributed by atoms with Crippen LogP contribution in [0.4, 0.5) is 8.78 Å². The molecule has 1 aromatic rings. The summed E-state index contributed by atoms with van der Waals surface area (Å²) < 4.78 is 27.5. The summed E-state index contributed by atoms with van der Waals surface area (Å²) >= 11 is 0. The molecule has 0 unspecified atom stereocenters. The van der Waals surface area contributed by atoms with Crippen molar-refractivity contribution >= 4 is 0 Å². The summed E-state index contributed by atoms with van der Waals surface area (Å²) in [6.07, 6.45) is 6.20. The zero-order valence-electron chi connectivity index (χ0n) is 11.8. The minimum absolute atomic E-state index is 0.179. The van der Waals surface area contributed by atoms with Crippen molar-refractivity contribution in [2.24, 2.45) is 0 Å². The topological polar surface area (TPSA) is 15.3 Å². The lowest BCUT2D eigenvalue weighted by atomic mass is 9.80. The van der Waals surface area contributed by atoms with Crippen LogP contribution in [-0.2, 0) is 6.54 Å². The number of halogens is 2. The van der Waals surface area contributed by atoms with E-state index in [1.807, 2.05) is 0 Å². The first-order valence-electron chi connectivity index (χ1n) is 7.59. The Balaban J connectivity index is 1.71. The van der Waals surface area contributed by atoms with Crippen LogP contribution in [0.3, 0.4) is 0 Å². The Morgan fingerprint density at radius 1 is 1.10 bits per heavy atom. The maximum absolute atomic E-state index is 13.8. The molecular formula is C16H22F2N2. The lowest BCUT2D eigenvalue weighted by molar-refractivity contribution is 0.0928. The molecule has 0 aromatic heterocycles. The van der Waals surface area contributed by atoms with Crippen LogP contribution in [-0.4, -0.2) is 30.1 Å². The maximum atomic E-state index is 13.8. The van der Waals surface area contributed by atoms with Gasteiger partial charge in [0.25, 0.3) is 0 Å². The van der Waals surface area contributed by atoms with Crippen molar-refractivity contribution in [1.82, 2.24) is 10.2 Å². The molecule has 1 heterocycles. The van der Waals surface area contributed by atoms with Crippen LogP contribution in [0.5, 0.6) is 0 Å². The summed E-state index contributed by atoms with van der Waals surface area (Å²) in [6.45, 7) is 3.05. The maximum Gasteiger partial charge on any atom is 0.130 e. The molecule has 1 N–H and O–H groups in total. The highest BCUT2D eigenvalue weighted by molar-refractivity contribution is 5.19. The molecule has 0 amide bonds. The van der Waals surface area contributed by atoms with Gasteiger partial charge in [-0.2, -0.15) is 0 Å². The summed E-state index contributed by atoms with van der Waals surface area (Å²) in [5.41, 5.74) is 0.387. The van der Waals surface area contributed by atoms with Crippen molar-refractivity contribution in [2.75, 3.05) is 19.6 Å². The van der Waals surface area contributed by atoms with Gasteiger partial charge in [-0.1, -0.05) is 25.3 Å². The fraction of sp³-hybridized carbons (Fsp3) is 0.625. The standard InChI is InChI=1S/C16H22F2N2/c17-14-5-4-6-15(18)13(14)11-20-10-9-19-16(12-20)7-2-1-3-8-16/h4-6,19H,1-3,7-12H2. The second-order valence-corrected chi connectivity index (χ2v) is 6.18. The molecule has 1 aromatic carbocycles. The Bertz CT molecular complexity index is 444. The van der Waals surface area contributed by atoms with Gasteiger partial charge in [0.2, 0.25) is 0 Å². The van der Waals surface area contributed by atoms with E-state index in [9.17, 15) is 8.78 Å². The van der Waals surface area contributed by atoms with E-state index in [2.05, 4.69) is 10.2 Å². The van der Waals surface area contributed by atoms with Gasteiger partial charge >= 0.3 is 0 Å². The number of hydrogen-bond acceptors (Lipinski definition) is 2. The van der Waals surface area contributed by atoms with E-state index in [1.54, 1.807) is 0 Å². The highest BCUT2D eigenvalue weighted by Gasteiger charge is 2.36. The Hall–Kier alpha value is -1.00. The van der Waals surface area contributed by atoms with E-state index in [1.165, 1.54) is 50.3 Å². The highest BCUT2D eigenvalue weighted by atomic mass is 19.1. The number of nitrogens with zero attached hydrogens (tertiary/aromatic N) is 1. The van der Waals surface area contributed by atoms with Crippen molar-refractivity contribution in [1.29, 1.82) is 0 Å². The summed E-state index contributed by atoms with van der Waals surface area (Å²) in [7, 11) is 0. The molecule has 20 heavy (non-hydrogen) atoms. The molecule has 0 radical (unpaired) electrons. The number of benzene rings is 1. The smallest absolute Gasteiger partial charge is 0.130 e. The van der Waals surface area contributed by atoms with Crippen LogP contribution in [0.25, 0.3) is 0 Å². The monoisotopic (exact) mass is 280 g/mol. The van der Waals surface area contributed by atoms with Gasteiger partial charge < -0.3 is 5.32 Å². The molecule has 2 fully saturated rings. The Morgan fingerprint density at radius 3 is 2.50 bits per heavy atom. The van der Waals surface area contributed by atoms with E-state index in [0.29, 0.717) is 6.54 Å². The molecule has 4 heteroatoms. The summed E-state index contributed by atoms with van der Waals surface area (Å²) in [4.78, 5) is 2.20. The predicted molar refractivity (Wildman–Crippen MR) is 75.5 cm³/mol. The van der Waals surface area contributed by atoms with Crippen LogP contribution in [0, 0.1) is 11.6 Å². The van der Waals surface area contributed by atoms with E-state index < -0.39 is 11.6 Å². The van der Waals surface area contributed by atoms with Crippen LogP contribution >= 0.6 is 0 Å². The average Bonchev–Trinajstić information content (AvgIpc) is 2.44. The second kappa shape index (κ2) is 5.78. The molecule has 1 aliphatic carbocycles.